The molecule has 4 N–H and O–H groups in total. The summed E-state index contributed by atoms with van der Waals surface area (Å²) < 4.78 is 0. The Labute approximate surface area is 121 Å². The smallest absolute Gasteiger partial charge is 0.158 e. The minimum atomic E-state index is -0.0842. The predicted molar refractivity (Wildman–Crippen MR) is 79.1 cm³/mol. The van der Waals surface area contributed by atoms with E-state index >= 15 is 0 Å². The molecule has 0 bridgehead atoms. The molecule has 1 saturated carbocycles. The highest BCUT2D eigenvalue weighted by atomic mass is 32.2. The zero-order valence-electron chi connectivity index (χ0n) is 10.9. The molecule has 106 valence electrons. The summed E-state index contributed by atoms with van der Waals surface area (Å²) in [6.07, 6.45) is 2.36. The summed E-state index contributed by atoms with van der Waals surface area (Å²) in [6.45, 7) is 0.976. The van der Waals surface area contributed by atoms with E-state index < -0.39 is 0 Å². The Morgan fingerprint density at radius 3 is 2.95 bits per heavy atom. The molecule has 1 aromatic rings. The monoisotopic (exact) mass is 291 g/mol. The van der Waals surface area contributed by atoms with Crippen LogP contribution >= 0.6 is 11.8 Å². The van der Waals surface area contributed by atoms with Crippen LogP contribution in [0.3, 0.4) is 0 Å². The number of hydrogen-bond donors (Lipinski definition) is 4. The summed E-state index contributed by atoms with van der Waals surface area (Å²) in [5.41, 5.74) is 7.49. The van der Waals surface area contributed by atoms with Gasteiger partial charge in [0.1, 0.15) is 0 Å². The highest BCUT2D eigenvalue weighted by molar-refractivity contribution is 8.15. The first-order chi connectivity index (χ1) is 9.72. The van der Waals surface area contributed by atoms with E-state index in [1.807, 2.05) is 17.8 Å². The number of fused-ring (bicyclic) bond motifs is 3. The van der Waals surface area contributed by atoms with Crippen LogP contribution in [0.4, 0.5) is 0 Å². The third-order valence-corrected chi connectivity index (χ3v) is 5.86. The molecule has 4 unspecified atom stereocenters. The molecule has 0 aromatic heterocycles. The number of nitrogens with one attached hydrogen (secondary N) is 2. The van der Waals surface area contributed by atoms with Gasteiger partial charge in [-0.15, -0.1) is 11.8 Å². The number of nitrogens with zero attached hydrogens (tertiary/aromatic N) is 1. The molecule has 1 aromatic carbocycles. The fourth-order valence-electron chi connectivity index (χ4n) is 3.41. The lowest BCUT2D eigenvalue weighted by molar-refractivity contribution is 0.305. The van der Waals surface area contributed by atoms with E-state index in [0.29, 0.717) is 23.3 Å². The van der Waals surface area contributed by atoms with Gasteiger partial charge in [-0.05, 0) is 31.0 Å². The van der Waals surface area contributed by atoms with Crippen LogP contribution in [-0.4, -0.2) is 39.1 Å². The van der Waals surface area contributed by atoms with E-state index in [-0.39, 0.29) is 11.5 Å². The molecule has 20 heavy (non-hydrogen) atoms. The lowest BCUT2D eigenvalue weighted by Crippen LogP contribution is -2.43. The molecule has 3 aliphatic rings. The first kappa shape index (κ1) is 12.5. The molecule has 4 rings (SSSR count). The quantitative estimate of drug-likeness (QED) is 0.585. The Morgan fingerprint density at radius 1 is 1.20 bits per heavy atom. The molecule has 0 amide bonds. The summed E-state index contributed by atoms with van der Waals surface area (Å²) in [5.74, 6) is 0.395. The standard InChI is InChI=1S/C14H17N3O2S/c18-10-3-1-7(5-11(10)19)14-16-13-8-6-15-17-9(8)2-4-12(13)20-14/h1,3,5,8-9,12-13,15,17-19H,2,4,6H2. The Hall–Kier alpha value is -1.24. The van der Waals surface area contributed by atoms with Crippen molar-refractivity contribution in [2.75, 3.05) is 6.54 Å². The number of benzene rings is 1. The fourth-order valence-corrected chi connectivity index (χ4v) is 4.80. The van der Waals surface area contributed by atoms with Crippen LogP contribution < -0.4 is 10.9 Å². The van der Waals surface area contributed by atoms with Crippen LogP contribution in [0.2, 0.25) is 0 Å². The minimum absolute atomic E-state index is 0.0808. The maximum absolute atomic E-state index is 9.63. The lowest BCUT2D eigenvalue weighted by atomic mass is 9.82. The average molecular weight is 291 g/mol. The molecule has 4 atom stereocenters. The van der Waals surface area contributed by atoms with Gasteiger partial charge in [0.05, 0.1) is 11.1 Å². The maximum Gasteiger partial charge on any atom is 0.158 e. The van der Waals surface area contributed by atoms with Crippen molar-refractivity contribution in [2.45, 2.75) is 30.2 Å². The van der Waals surface area contributed by atoms with E-state index in [2.05, 4.69) is 10.9 Å². The summed E-state index contributed by atoms with van der Waals surface area (Å²) >= 11 is 1.81. The van der Waals surface area contributed by atoms with Crippen molar-refractivity contribution >= 4 is 16.8 Å². The van der Waals surface area contributed by atoms with Gasteiger partial charge in [-0.3, -0.25) is 15.8 Å². The second-order valence-electron chi connectivity index (χ2n) is 5.66. The summed E-state index contributed by atoms with van der Waals surface area (Å²) in [7, 11) is 0. The number of aromatic hydroxyl groups is 2. The van der Waals surface area contributed by atoms with Gasteiger partial charge in [-0.2, -0.15) is 0 Å². The van der Waals surface area contributed by atoms with Gasteiger partial charge in [0.25, 0.3) is 0 Å². The van der Waals surface area contributed by atoms with Gasteiger partial charge < -0.3 is 10.2 Å². The second-order valence-corrected chi connectivity index (χ2v) is 6.89. The Balaban J connectivity index is 1.64. The largest absolute Gasteiger partial charge is 0.504 e. The molecule has 1 saturated heterocycles. The van der Waals surface area contributed by atoms with Crippen LogP contribution in [0.5, 0.6) is 11.5 Å². The van der Waals surface area contributed by atoms with Crippen molar-refractivity contribution < 1.29 is 10.2 Å². The zero-order valence-corrected chi connectivity index (χ0v) is 11.7. The third kappa shape index (κ3) is 1.90. The molecule has 0 radical (unpaired) electrons. The van der Waals surface area contributed by atoms with E-state index in [9.17, 15) is 10.2 Å². The van der Waals surface area contributed by atoms with Crippen LogP contribution in [0.15, 0.2) is 23.2 Å². The molecular weight excluding hydrogens is 274 g/mol. The van der Waals surface area contributed by atoms with Crippen molar-refractivity contribution in [1.29, 1.82) is 0 Å². The Morgan fingerprint density at radius 2 is 2.10 bits per heavy atom. The number of hydrogen-bond acceptors (Lipinski definition) is 6. The second kappa shape index (κ2) is 4.65. The number of thioether (sulfide) groups is 1. The molecule has 5 nitrogen and oxygen atoms in total. The highest BCUT2D eigenvalue weighted by Gasteiger charge is 2.45. The minimum Gasteiger partial charge on any atom is -0.504 e. The normalized spacial score (nSPS) is 35.5. The number of rotatable bonds is 1. The number of hydrazine groups is 1. The SMILES string of the molecule is Oc1ccc(C2=NC3C(CCC4NNCC43)S2)cc1O. The third-order valence-electron chi connectivity index (χ3n) is 4.48. The topological polar surface area (TPSA) is 76.9 Å². The van der Waals surface area contributed by atoms with Gasteiger partial charge in [0.15, 0.2) is 11.5 Å². The molecule has 2 fully saturated rings. The maximum atomic E-state index is 9.63. The predicted octanol–water partition coefficient (Wildman–Crippen LogP) is 1.21. The van der Waals surface area contributed by atoms with Crippen molar-refractivity contribution in [3.05, 3.63) is 23.8 Å². The molecule has 1 aliphatic carbocycles. The van der Waals surface area contributed by atoms with Crippen molar-refractivity contribution in [1.82, 2.24) is 10.9 Å². The average Bonchev–Trinajstić information content (AvgIpc) is 3.06. The lowest BCUT2D eigenvalue weighted by Gasteiger charge is -2.32. The van der Waals surface area contributed by atoms with E-state index in [4.69, 9.17) is 4.99 Å². The molecular formula is C14H17N3O2S. The Bertz CT molecular complexity index is 578. The highest BCUT2D eigenvalue weighted by Crippen LogP contribution is 2.43. The van der Waals surface area contributed by atoms with Crippen LogP contribution in [0.25, 0.3) is 0 Å². The van der Waals surface area contributed by atoms with E-state index in [1.165, 1.54) is 18.9 Å². The summed E-state index contributed by atoms with van der Waals surface area (Å²) in [4.78, 5) is 4.90. The summed E-state index contributed by atoms with van der Waals surface area (Å²) in [6, 6.07) is 5.83. The molecule has 2 heterocycles. The van der Waals surface area contributed by atoms with Gasteiger partial charge in [-0.25, -0.2) is 0 Å². The van der Waals surface area contributed by atoms with Gasteiger partial charge in [0, 0.05) is 29.3 Å². The summed E-state index contributed by atoms with van der Waals surface area (Å²) in [5, 5.41) is 20.6. The van der Waals surface area contributed by atoms with E-state index in [0.717, 1.165) is 17.2 Å². The first-order valence-corrected chi connectivity index (χ1v) is 7.85. The van der Waals surface area contributed by atoms with Crippen LogP contribution in [0.1, 0.15) is 18.4 Å². The van der Waals surface area contributed by atoms with E-state index in [1.54, 1.807) is 6.07 Å². The van der Waals surface area contributed by atoms with Crippen LogP contribution in [-0.2, 0) is 0 Å². The molecule has 6 heteroatoms. The fraction of sp³-hybridized carbons (Fsp3) is 0.500. The molecule has 2 aliphatic heterocycles. The van der Waals surface area contributed by atoms with Gasteiger partial charge in [-0.1, -0.05) is 0 Å². The van der Waals surface area contributed by atoms with Gasteiger partial charge in [0.2, 0.25) is 0 Å². The molecule has 0 spiro atoms. The number of phenols is 2. The van der Waals surface area contributed by atoms with Gasteiger partial charge >= 0.3 is 0 Å². The number of phenolic OH excluding ortho intramolecular Hbond substituents is 2. The zero-order chi connectivity index (χ0) is 13.7. The first-order valence-electron chi connectivity index (χ1n) is 6.97. The van der Waals surface area contributed by atoms with Crippen molar-refractivity contribution in [2.24, 2.45) is 10.9 Å². The van der Waals surface area contributed by atoms with Crippen molar-refractivity contribution in [3.8, 4) is 11.5 Å². The number of aliphatic imine (C=N–C) groups is 1. The van der Waals surface area contributed by atoms with Crippen LogP contribution in [0, 0.1) is 5.92 Å². The van der Waals surface area contributed by atoms with Crippen molar-refractivity contribution in [3.63, 3.8) is 0 Å². The Kier molecular flexibility index (Phi) is 2.90.